The van der Waals surface area contributed by atoms with Gasteiger partial charge in [0.2, 0.25) is 11.8 Å². The summed E-state index contributed by atoms with van der Waals surface area (Å²) < 4.78 is 4.96. The van der Waals surface area contributed by atoms with Crippen LogP contribution in [-0.4, -0.2) is 24.4 Å². The number of hydrogen-bond acceptors (Lipinski definition) is 4. The summed E-state index contributed by atoms with van der Waals surface area (Å²) in [6.07, 6.45) is 2.25. The van der Waals surface area contributed by atoms with Gasteiger partial charge in [0, 0.05) is 17.8 Å². The fraction of sp³-hybridized carbons (Fsp3) is 0.286. The highest BCUT2D eigenvalue weighted by atomic mass is 16.5. The van der Waals surface area contributed by atoms with E-state index in [2.05, 4.69) is 10.6 Å². The van der Waals surface area contributed by atoms with Crippen molar-refractivity contribution in [3.05, 3.63) is 59.2 Å². The monoisotopic (exact) mass is 366 g/mol. The second kappa shape index (κ2) is 8.49. The number of anilines is 2. The molecule has 27 heavy (non-hydrogen) atoms. The molecule has 6 heteroatoms. The maximum absolute atomic E-state index is 12.2. The van der Waals surface area contributed by atoms with Crippen LogP contribution >= 0.6 is 0 Å². The highest BCUT2D eigenvalue weighted by Crippen LogP contribution is 2.24. The van der Waals surface area contributed by atoms with Crippen LogP contribution in [-0.2, 0) is 27.2 Å². The summed E-state index contributed by atoms with van der Waals surface area (Å²) in [4.78, 5) is 35.3. The highest BCUT2D eigenvalue weighted by Gasteiger charge is 2.17. The van der Waals surface area contributed by atoms with Gasteiger partial charge < -0.3 is 15.4 Å². The maximum atomic E-state index is 12.2. The average Bonchev–Trinajstić information content (AvgIpc) is 3.01. The molecule has 2 N–H and O–H groups in total. The molecule has 0 spiro atoms. The molecular weight excluding hydrogens is 344 g/mol. The zero-order chi connectivity index (χ0) is 19.2. The van der Waals surface area contributed by atoms with Crippen molar-refractivity contribution < 1.29 is 19.1 Å². The number of carbonyl (C=O) groups excluding carboxylic acids is 3. The van der Waals surface area contributed by atoms with Crippen molar-refractivity contribution in [3.63, 3.8) is 0 Å². The molecule has 6 nitrogen and oxygen atoms in total. The molecule has 0 saturated heterocycles. The highest BCUT2D eigenvalue weighted by molar-refractivity contribution is 5.99. The number of benzene rings is 2. The second-order valence-corrected chi connectivity index (χ2v) is 6.42. The number of aryl methyl sites for hydroxylation is 1. The summed E-state index contributed by atoms with van der Waals surface area (Å²) in [5.74, 6) is -0.487. The molecule has 0 atom stereocenters. The number of amides is 2. The molecule has 0 bridgehead atoms. The van der Waals surface area contributed by atoms with Gasteiger partial charge in [-0.25, -0.2) is 4.79 Å². The van der Waals surface area contributed by atoms with E-state index in [1.54, 1.807) is 31.2 Å². The van der Waals surface area contributed by atoms with Crippen LogP contribution in [0.3, 0.4) is 0 Å². The van der Waals surface area contributed by atoms with Gasteiger partial charge in [0.15, 0.2) is 0 Å². The lowest BCUT2D eigenvalue weighted by atomic mass is 10.0. The Balaban J connectivity index is 1.49. The van der Waals surface area contributed by atoms with E-state index in [0.717, 1.165) is 23.2 Å². The Kier molecular flexibility index (Phi) is 5.86. The molecule has 3 rings (SSSR count). The summed E-state index contributed by atoms with van der Waals surface area (Å²) in [5, 5.41) is 5.62. The molecule has 2 aromatic carbocycles. The first-order valence-corrected chi connectivity index (χ1v) is 9.04. The van der Waals surface area contributed by atoms with E-state index < -0.39 is 5.97 Å². The van der Waals surface area contributed by atoms with Crippen LogP contribution in [0, 0.1) is 0 Å². The Bertz CT molecular complexity index is 876. The fourth-order valence-electron chi connectivity index (χ4n) is 3.05. The summed E-state index contributed by atoms with van der Waals surface area (Å²) in [5.41, 5.74) is 3.99. The molecule has 0 aliphatic carbocycles. The van der Waals surface area contributed by atoms with Crippen LogP contribution in [0.1, 0.15) is 41.3 Å². The van der Waals surface area contributed by atoms with Gasteiger partial charge in [-0.15, -0.1) is 0 Å². The summed E-state index contributed by atoms with van der Waals surface area (Å²) in [6.45, 7) is 2.06. The molecular formula is C21H22N2O4. The third-order valence-electron chi connectivity index (χ3n) is 4.32. The van der Waals surface area contributed by atoms with Crippen LogP contribution < -0.4 is 10.6 Å². The largest absolute Gasteiger partial charge is 0.462 e. The minimum Gasteiger partial charge on any atom is -0.462 e. The predicted octanol–water partition coefficient (Wildman–Crippen LogP) is 3.32. The van der Waals surface area contributed by atoms with Gasteiger partial charge in [-0.3, -0.25) is 9.59 Å². The molecule has 1 aliphatic heterocycles. The van der Waals surface area contributed by atoms with Crippen molar-refractivity contribution in [2.75, 3.05) is 17.2 Å². The van der Waals surface area contributed by atoms with Crippen molar-refractivity contribution in [1.82, 2.24) is 0 Å². The predicted molar refractivity (Wildman–Crippen MR) is 103 cm³/mol. The van der Waals surface area contributed by atoms with Crippen LogP contribution in [0.2, 0.25) is 0 Å². The Hall–Kier alpha value is -3.15. The first-order chi connectivity index (χ1) is 13.0. The molecule has 0 aromatic heterocycles. The molecule has 1 heterocycles. The van der Waals surface area contributed by atoms with Crippen LogP contribution in [0.15, 0.2) is 42.5 Å². The number of esters is 1. The van der Waals surface area contributed by atoms with E-state index in [4.69, 9.17) is 4.74 Å². The number of carbonyl (C=O) groups is 3. The lowest BCUT2D eigenvalue weighted by molar-refractivity contribution is -0.116. The molecule has 2 amide bonds. The first kappa shape index (κ1) is 18.6. The van der Waals surface area contributed by atoms with Crippen molar-refractivity contribution in [2.24, 2.45) is 0 Å². The number of ether oxygens (including phenoxy) is 1. The lowest BCUT2D eigenvalue weighted by Gasteiger charge is -2.08. The van der Waals surface area contributed by atoms with Gasteiger partial charge >= 0.3 is 5.97 Å². The van der Waals surface area contributed by atoms with E-state index in [0.29, 0.717) is 37.1 Å². The van der Waals surface area contributed by atoms with Crippen molar-refractivity contribution in [1.29, 1.82) is 0 Å². The molecule has 0 unspecified atom stereocenters. The number of nitrogens with one attached hydrogen (secondary N) is 2. The van der Waals surface area contributed by atoms with E-state index in [1.165, 1.54) is 0 Å². The lowest BCUT2D eigenvalue weighted by Crippen LogP contribution is -2.12. The number of hydrogen-bond donors (Lipinski definition) is 2. The van der Waals surface area contributed by atoms with E-state index >= 15 is 0 Å². The summed E-state index contributed by atoms with van der Waals surface area (Å²) >= 11 is 0. The standard InChI is InChI=1S/C21H22N2O4/c1-2-27-21(26)15-6-4-7-17(12-15)22-19(24)8-3-5-14-9-10-18-16(11-14)13-20(25)23-18/h4,6-7,9-12H,2-3,5,8,13H2,1H3,(H,22,24)(H,23,25). The zero-order valence-electron chi connectivity index (χ0n) is 15.2. The van der Waals surface area contributed by atoms with Crippen LogP contribution in [0.4, 0.5) is 11.4 Å². The molecule has 0 fully saturated rings. The van der Waals surface area contributed by atoms with Crippen molar-refractivity contribution >= 4 is 29.2 Å². The van der Waals surface area contributed by atoms with Gasteiger partial charge in [0.05, 0.1) is 18.6 Å². The Morgan fingerprint density at radius 3 is 2.85 bits per heavy atom. The molecule has 2 aromatic rings. The fourth-order valence-corrected chi connectivity index (χ4v) is 3.05. The third-order valence-corrected chi connectivity index (χ3v) is 4.32. The number of rotatable bonds is 7. The number of fused-ring (bicyclic) bond motifs is 1. The topological polar surface area (TPSA) is 84.5 Å². The minimum atomic E-state index is -0.404. The van der Waals surface area contributed by atoms with Crippen molar-refractivity contribution in [3.8, 4) is 0 Å². The normalized spacial score (nSPS) is 12.3. The maximum Gasteiger partial charge on any atom is 0.338 e. The molecule has 140 valence electrons. The second-order valence-electron chi connectivity index (χ2n) is 6.42. The van der Waals surface area contributed by atoms with Crippen LogP contribution in [0.25, 0.3) is 0 Å². The van der Waals surface area contributed by atoms with Gasteiger partial charge in [-0.2, -0.15) is 0 Å². The smallest absolute Gasteiger partial charge is 0.338 e. The molecule has 0 saturated carbocycles. The van der Waals surface area contributed by atoms with Gasteiger partial charge in [-0.1, -0.05) is 18.2 Å². The van der Waals surface area contributed by atoms with E-state index in [1.807, 2.05) is 18.2 Å². The Morgan fingerprint density at radius 1 is 1.19 bits per heavy atom. The summed E-state index contributed by atoms with van der Waals surface area (Å²) in [6, 6.07) is 12.6. The van der Waals surface area contributed by atoms with Gasteiger partial charge in [-0.05, 0) is 55.2 Å². The minimum absolute atomic E-state index is 0.0200. The molecule has 0 radical (unpaired) electrons. The van der Waals surface area contributed by atoms with Crippen LogP contribution in [0.5, 0.6) is 0 Å². The van der Waals surface area contributed by atoms with Gasteiger partial charge in [0.25, 0.3) is 0 Å². The van der Waals surface area contributed by atoms with Crippen molar-refractivity contribution in [2.45, 2.75) is 32.6 Å². The third kappa shape index (κ3) is 4.94. The van der Waals surface area contributed by atoms with Gasteiger partial charge in [0.1, 0.15) is 0 Å². The quantitative estimate of drug-likeness (QED) is 0.736. The van der Waals surface area contributed by atoms with E-state index in [9.17, 15) is 14.4 Å². The zero-order valence-corrected chi connectivity index (χ0v) is 15.2. The average molecular weight is 366 g/mol. The SMILES string of the molecule is CCOC(=O)c1cccc(NC(=O)CCCc2ccc3c(c2)CC(=O)N3)c1. The van der Waals surface area contributed by atoms with E-state index in [-0.39, 0.29) is 11.8 Å². The Morgan fingerprint density at radius 2 is 2.04 bits per heavy atom. The first-order valence-electron chi connectivity index (χ1n) is 9.04. The Labute approximate surface area is 157 Å². The molecule has 1 aliphatic rings. The summed E-state index contributed by atoms with van der Waals surface area (Å²) in [7, 11) is 0.